The van der Waals surface area contributed by atoms with Gasteiger partial charge in [0.1, 0.15) is 6.42 Å². The number of anilines is 1. The molecule has 2 N–H and O–H groups in total. The molecule has 0 atom stereocenters. The third-order valence-electron chi connectivity index (χ3n) is 3.25. The summed E-state index contributed by atoms with van der Waals surface area (Å²) in [5, 5.41) is 5.96. The number of aromatic nitrogens is 2. The van der Waals surface area contributed by atoms with E-state index >= 15 is 0 Å². The number of hydrogen-bond acceptors (Lipinski definition) is 3. The Bertz CT molecular complexity index is 671. The van der Waals surface area contributed by atoms with Crippen molar-refractivity contribution >= 4 is 29.1 Å². The molecule has 2 rings (SSSR count). The standard InChI is InChI=1S/C16H19ClN4O2/c1-12-3-4-13(9-14(12)17)20-16(23)10-15(22)19-5-2-7-21-8-6-18-11-21/h3-4,6,8-9,11H,2,5,7,10H2,1H3,(H,19,22)(H,20,23). The van der Waals surface area contributed by atoms with Crippen molar-refractivity contribution in [2.24, 2.45) is 0 Å². The molecule has 1 aromatic carbocycles. The van der Waals surface area contributed by atoms with Crippen molar-refractivity contribution in [2.45, 2.75) is 26.3 Å². The second kappa shape index (κ2) is 8.33. The molecule has 23 heavy (non-hydrogen) atoms. The topological polar surface area (TPSA) is 76.0 Å². The number of benzene rings is 1. The van der Waals surface area contributed by atoms with Crippen molar-refractivity contribution in [3.63, 3.8) is 0 Å². The van der Waals surface area contributed by atoms with Crippen molar-refractivity contribution in [3.8, 4) is 0 Å². The fraction of sp³-hybridized carbons (Fsp3) is 0.312. The SMILES string of the molecule is Cc1ccc(NC(=O)CC(=O)NCCCn2ccnc2)cc1Cl. The normalized spacial score (nSPS) is 10.3. The van der Waals surface area contributed by atoms with Gasteiger partial charge in [0.05, 0.1) is 6.33 Å². The number of aryl methyl sites for hydroxylation is 2. The van der Waals surface area contributed by atoms with E-state index in [2.05, 4.69) is 15.6 Å². The maximum atomic E-state index is 11.8. The van der Waals surface area contributed by atoms with Gasteiger partial charge in [-0.05, 0) is 31.0 Å². The molecule has 122 valence electrons. The van der Waals surface area contributed by atoms with E-state index < -0.39 is 0 Å². The first kappa shape index (κ1) is 17.0. The van der Waals surface area contributed by atoms with Gasteiger partial charge in [-0.15, -0.1) is 0 Å². The minimum absolute atomic E-state index is 0.212. The quantitative estimate of drug-likeness (QED) is 0.603. The molecule has 2 amide bonds. The lowest BCUT2D eigenvalue weighted by Crippen LogP contribution is -2.29. The molecule has 0 bridgehead atoms. The number of carbonyl (C=O) groups is 2. The first-order chi connectivity index (χ1) is 11.0. The van der Waals surface area contributed by atoms with Gasteiger partial charge in [-0.1, -0.05) is 17.7 Å². The molecule has 6 nitrogen and oxygen atoms in total. The Morgan fingerprint density at radius 1 is 1.30 bits per heavy atom. The number of carbonyl (C=O) groups excluding carboxylic acids is 2. The Kier molecular flexibility index (Phi) is 6.17. The molecule has 1 heterocycles. The average Bonchev–Trinajstić information content (AvgIpc) is 3.01. The number of rotatable bonds is 7. The van der Waals surface area contributed by atoms with Gasteiger partial charge in [0, 0.05) is 36.2 Å². The number of nitrogens with zero attached hydrogens (tertiary/aromatic N) is 2. The number of nitrogens with one attached hydrogen (secondary N) is 2. The Balaban J connectivity index is 1.67. The summed E-state index contributed by atoms with van der Waals surface area (Å²) in [6, 6.07) is 5.23. The van der Waals surface area contributed by atoms with Gasteiger partial charge in [0.2, 0.25) is 11.8 Å². The zero-order valence-corrected chi connectivity index (χ0v) is 13.6. The first-order valence-electron chi connectivity index (χ1n) is 7.33. The van der Waals surface area contributed by atoms with E-state index in [1.165, 1.54) is 0 Å². The summed E-state index contributed by atoms with van der Waals surface area (Å²) in [5.74, 6) is -0.664. The van der Waals surface area contributed by atoms with Crippen LogP contribution >= 0.6 is 11.6 Å². The van der Waals surface area contributed by atoms with Crippen LogP contribution in [0.3, 0.4) is 0 Å². The van der Waals surface area contributed by atoms with Crippen LogP contribution in [-0.2, 0) is 16.1 Å². The van der Waals surface area contributed by atoms with Crippen LogP contribution in [0.5, 0.6) is 0 Å². The molecular weight excluding hydrogens is 316 g/mol. The van der Waals surface area contributed by atoms with E-state index in [-0.39, 0.29) is 18.2 Å². The van der Waals surface area contributed by atoms with E-state index in [0.717, 1.165) is 18.5 Å². The highest BCUT2D eigenvalue weighted by Crippen LogP contribution is 2.19. The van der Waals surface area contributed by atoms with Gasteiger partial charge in [-0.3, -0.25) is 9.59 Å². The summed E-state index contributed by atoms with van der Waals surface area (Å²) in [6.45, 7) is 3.17. The van der Waals surface area contributed by atoms with Crippen molar-refractivity contribution in [1.82, 2.24) is 14.9 Å². The minimum atomic E-state index is -0.364. The number of imidazole rings is 1. The highest BCUT2D eigenvalue weighted by atomic mass is 35.5. The van der Waals surface area contributed by atoms with Crippen LogP contribution in [0.25, 0.3) is 0 Å². The Hall–Kier alpha value is -2.34. The number of halogens is 1. The summed E-state index contributed by atoms with van der Waals surface area (Å²) in [7, 11) is 0. The highest BCUT2D eigenvalue weighted by molar-refractivity contribution is 6.31. The van der Waals surface area contributed by atoms with E-state index in [1.54, 1.807) is 24.7 Å². The van der Waals surface area contributed by atoms with E-state index in [0.29, 0.717) is 17.3 Å². The van der Waals surface area contributed by atoms with Crippen LogP contribution in [0.4, 0.5) is 5.69 Å². The largest absolute Gasteiger partial charge is 0.356 e. The van der Waals surface area contributed by atoms with Gasteiger partial charge >= 0.3 is 0 Å². The van der Waals surface area contributed by atoms with Crippen molar-refractivity contribution < 1.29 is 9.59 Å². The second-order valence-corrected chi connectivity index (χ2v) is 5.60. The molecule has 1 aromatic heterocycles. The van der Waals surface area contributed by atoms with Crippen molar-refractivity contribution in [1.29, 1.82) is 0 Å². The lowest BCUT2D eigenvalue weighted by Gasteiger charge is -2.08. The maximum absolute atomic E-state index is 11.8. The van der Waals surface area contributed by atoms with Gasteiger partial charge in [-0.2, -0.15) is 0 Å². The molecule has 0 radical (unpaired) electrons. The zero-order valence-electron chi connectivity index (χ0n) is 12.9. The smallest absolute Gasteiger partial charge is 0.233 e. The monoisotopic (exact) mass is 334 g/mol. The summed E-state index contributed by atoms with van der Waals surface area (Å²) >= 11 is 5.99. The minimum Gasteiger partial charge on any atom is -0.356 e. The summed E-state index contributed by atoms with van der Waals surface area (Å²) < 4.78 is 1.93. The Morgan fingerprint density at radius 2 is 2.13 bits per heavy atom. The van der Waals surface area contributed by atoms with Gasteiger partial charge in [-0.25, -0.2) is 4.98 Å². The van der Waals surface area contributed by atoms with E-state index in [9.17, 15) is 9.59 Å². The van der Waals surface area contributed by atoms with Crippen LogP contribution in [0.15, 0.2) is 36.9 Å². The maximum Gasteiger partial charge on any atom is 0.233 e. The molecule has 0 spiro atoms. The van der Waals surface area contributed by atoms with E-state index in [4.69, 9.17) is 11.6 Å². The molecule has 7 heteroatoms. The molecular formula is C16H19ClN4O2. The summed E-state index contributed by atoms with van der Waals surface area (Å²) in [6.07, 6.45) is 5.86. The zero-order chi connectivity index (χ0) is 16.7. The lowest BCUT2D eigenvalue weighted by molar-refractivity contribution is -0.126. The predicted octanol–water partition coefficient (Wildman–Crippen LogP) is 2.38. The molecule has 0 saturated carbocycles. The van der Waals surface area contributed by atoms with Crippen LogP contribution < -0.4 is 10.6 Å². The van der Waals surface area contributed by atoms with E-state index in [1.807, 2.05) is 23.8 Å². The third-order valence-corrected chi connectivity index (χ3v) is 3.66. The highest BCUT2D eigenvalue weighted by Gasteiger charge is 2.09. The molecule has 0 fully saturated rings. The van der Waals surface area contributed by atoms with Gasteiger partial charge in [0.15, 0.2) is 0 Å². The van der Waals surface area contributed by atoms with Gasteiger partial charge in [0.25, 0.3) is 0 Å². The Morgan fingerprint density at radius 3 is 2.83 bits per heavy atom. The predicted molar refractivity (Wildman–Crippen MR) is 89.3 cm³/mol. The van der Waals surface area contributed by atoms with Crippen LogP contribution in [0.2, 0.25) is 5.02 Å². The second-order valence-electron chi connectivity index (χ2n) is 5.19. The lowest BCUT2D eigenvalue weighted by atomic mass is 10.2. The number of hydrogen-bond donors (Lipinski definition) is 2. The van der Waals surface area contributed by atoms with Crippen molar-refractivity contribution in [2.75, 3.05) is 11.9 Å². The summed E-state index contributed by atoms with van der Waals surface area (Å²) in [5.41, 5.74) is 1.51. The fourth-order valence-electron chi connectivity index (χ4n) is 1.99. The van der Waals surface area contributed by atoms with Crippen LogP contribution in [0, 0.1) is 6.92 Å². The fourth-order valence-corrected chi connectivity index (χ4v) is 2.17. The van der Waals surface area contributed by atoms with Crippen LogP contribution in [0.1, 0.15) is 18.4 Å². The number of amides is 2. The van der Waals surface area contributed by atoms with Crippen molar-refractivity contribution in [3.05, 3.63) is 47.5 Å². The molecule has 0 aliphatic rings. The molecule has 0 aliphatic heterocycles. The molecule has 2 aromatic rings. The van der Waals surface area contributed by atoms with Gasteiger partial charge < -0.3 is 15.2 Å². The molecule has 0 unspecified atom stereocenters. The third kappa shape index (κ3) is 5.75. The Labute approximate surface area is 139 Å². The average molecular weight is 335 g/mol. The van der Waals surface area contributed by atoms with Crippen LogP contribution in [-0.4, -0.2) is 27.9 Å². The first-order valence-corrected chi connectivity index (χ1v) is 7.71. The summed E-state index contributed by atoms with van der Waals surface area (Å²) in [4.78, 5) is 27.5. The molecule has 0 aliphatic carbocycles. The molecule has 0 saturated heterocycles.